The molecule has 0 aliphatic rings. The van der Waals surface area contributed by atoms with Crippen LogP contribution in [0.1, 0.15) is 43.0 Å². The number of methoxy groups -OCH3 is 3. The summed E-state index contributed by atoms with van der Waals surface area (Å²) in [6, 6.07) is 19.8. The average molecular weight is 531 g/mol. The van der Waals surface area contributed by atoms with Gasteiger partial charge in [-0.1, -0.05) is 30.3 Å². The Hall–Kier alpha value is -4.53. The van der Waals surface area contributed by atoms with Crippen LogP contribution in [0, 0.1) is 0 Å². The Kier molecular flexibility index (Phi) is 8.39. The third kappa shape index (κ3) is 5.67. The molecule has 2 amide bonds. The summed E-state index contributed by atoms with van der Waals surface area (Å²) in [5.41, 5.74) is 2.72. The number of benzene rings is 3. The molecule has 0 bridgehead atoms. The van der Waals surface area contributed by atoms with Gasteiger partial charge in [0.1, 0.15) is 12.4 Å². The van der Waals surface area contributed by atoms with Gasteiger partial charge in [-0.25, -0.2) is 4.98 Å². The Bertz CT molecular complexity index is 1440. The van der Waals surface area contributed by atoms with Crippen LogP contribution in [0.25, 0.3) is 11.0 Å². The van der Waals surface area contributed by atoms with Crippen LogP contribution in [0.2, 0.25) is 0 Å². The summed E-state index contributed by atoms with van der Waals surface area (Å²) < 4.78 is 18.0. The molecule has 0 aliphatic carbocycles. The van der Waals surface area contributed by atoms with Crippen molar-refractivity contribution in [2.45, 2.75) is 39.4 Å². The Morgan fingerprint density at radius 1 is 0.897 bits per heavy atom. The van der Waals surface area contributed by atoms with Crippen molar-refractivity contribution in [1.82, 2.24) is 14.9 Å². The topological polar surface area (TPSA) is 94.9 Å². The van der Waals surface area contributed by atoms with E-state index in [-0.39, 0.29) is 24.4 Å². The molecule has 1 N–H and O–H groups in total. The number of hydrogen-bond acceptors (Lipinski definition) is 6. The van der Waals surface area contributed by atoms with Crippen LogP contribution in [-0.4, -0.2) is 48.7 Å². The van der Waals surface area contributed by atoms with Gasteiger partial charge < -0.3 is 29.0 Å². The number of hydrogen-bond donors (Lipinski definition) is 1. The SMILES string of the molecule is COc1cc(C(=O)NC(C)c2nc3ccccc3n2CC(=O)N(c2ccccc2)C(C)C)cc(OC)c1OC. The highest BCUT2D eigenvalue weighted by Crippen LogP contribution is 2.38. The first kappa shape index (κ1) is 27.5. The van der Waals surface area contributed by atoms with Crippen molar-refractivity contribution < 1.29 is 23.8 Å². The number of carbonyl (C=O) groups is 2. The predicted molar refractivity (Wildman–Crippen MR) is 151 cm³/mol. The fourth-order valence-corrected chi connectivity index (χ4v) is 4.68. The molecule has 1 unspecified atom stereocenters. The maximum absolute atomic E-state index is 13.7. The van der Waals surface area contributed by atoms with E-state index in [2.05, 4.69) is 5.32 Å². The van der Waals surface area contributed by atoms with E-state index in [9.17, 15) is 9.59 Å². The van der Waals surface area contributed by atoms with Crippen molar-refractivity contribution in [3.8, 4) is 17.2 Å². The van der Waals surface area contributed by atoms with E-state index in [1.54, 1.807) is 17.0 Å². The van der Waals surface area contributed by atoms with Gasteiger partial charge in [-0.15, -0.1) is 0 Å². The first-order valence-corrected chi connectivity index (χ1v) is 12.7. The van der Waals surface area contributed by atoms with Gasteiger partial charge in [-0.2, -0.15) is 0 Å². The van der Waals surface area contributed by atoms with Gasteiger partial charge in [-0.05, 0) is 57.2 Å². The Balaban J connectivity index is 1.66. The lowest BCUT2D eigenvalue weighted by atomic mass is 10.1. The summed E-state index contributed by atoms with van der Waals surface area (Å²) in [6.45, 7) is 5.87. The van der Waals surface area contributed by atoms with Gasteiger partial charge in [-0.3, -0.25) is 9.59 Å². The first-order chi connectivity index (χ1) is 18.8. The molecule has 39 heavy (non-hydrogen) atoms. The Labute approximate surface area is 228 Å². The number of aromatic nitrogens is 2. The highest BCUT2D eigenvalue weighted by molar-refractivity contribution is 5.96. The van der Waals surface area contributed by atoms with E-state index < -0.39 is 6.04 Å². The molecule has 0 fully saturated rings. The van der Waals surface area contributed by atoms with Crippen LogP contribution in [0.3, 0.4) is 0 Å². The quantitative estimate of drug-likeness (QED) is 0.310. The van der Waals surface area contributed by atoms with E-state index in [4.69, 9.17) is 19.2 Å². The standard InChI is InChI=1S/C30H34N4O5/c1-19(2)34(22-12-8-7-9-13-22)27(35)18-33-24-15-11-10-14-23(24)32-29(33)20(3)31-30(36)21-16-25(37-4)28(39-6)26(17-21)38-5/h7-17,19-20H,18H2,1-6H3,(H,31,36). The second kappa shape index (κ2) is 11.9. The molecule has 0 saturated carbocycles. The van der Waals surface area contributed by atoms with Crippen molar-refractivity contribution in [3.63, 3.8) is 0 Å². The number of fused-ring (bicyclic) bond motifs is 1. The molecule has 0 spiro atoms. The normalized spacial score (nSPS) is 11.8. The number of carbonyl (C=O) groups excluding carboxylic acids is 2. The first-order valence-electron chi connectivity index (χ1n) is 12.7. The minimum Gasteiger partial charge on any atom is -0.493 e. The molecular formula is C30H34N4O5. The van der Waals surface area contributed by atoms with E-state index in [0.29, 0.717) is 28.6 Å². The fourth-order valence-electron chi connectivity index (χ4n) is 4.68. The lowest BCUT2D eigenvalue weighted by molar-refractivity contribution is -0.119. The summed E-state index contributed by atoms with van der Waals surface area (Å²) in [5.74, 6) is 1.30. The molecule has 9 nitrogen and oxygen atoms in total. The minimum atomic E-state index is -0.513. The highest BCUT2D eigenvalue weighted by Gasteiger charge is 2.25. The zero-order valence-electron chi connectivity index (χ0n) is 23.1. The molecule has 1 aromatic heterocycles. The number of anilines is 1. The molecule has 0 saturated heterocycles. The van der Waals surface area contributed by atoms with Crippen LogP contribution in [-0.2, 0) is 11.3 Å². The lowest BCUT2D eigenvalue weighted by Gasteiger charge is -2.28. The van der Waals surface area contributed by atoms with Gasteiger partial charge >= 0.3 is 0 Å². The van der Waals surface area contributed by atoms with Crippen molar-refractivity contribution in [2.75, 3.05) is 26.2 Å². The maximum Gasteiger partial charge on any atom is 0.252 e. The van der Waals surface area contributed by atoms with Crippen molar-refractivity contribution in [1.29, 1.82) is 0 Å². The molecule has 9 heteroatoms. The number of amides is 2. The molecular weight excluding hydrogens is 496 g/mol. The molecule has 204 valence electrons. The zero-order chi connectivity index (χ0) is 28.1. The number of nitrogens with zero attached hydrogens (tertiary/aromatic N) is 3. The highest BCUT2D eigenvalue weighted by atomic mass is 16.5. The monoisotopic (exact) mass is 530 g/mol. The minimum absolute atomic E-state index is 0.0460. The number of ether oxygens (including phenoxy) is 3. The number of imidazole rings is 1. The second-order valence-corrected chi connectivity index (χ2v) is 9.35. The molecule has 4 aromatic rings. The van der Waals surface area contributed by atoms with Crippen LogP contribution < -0.4 is 24.4 Å². The summed E-state index contributed by atoms with van der Waals surface area (Å²) in [4.78, 5) is 33.6. The van der Waals surface area contributed by atoms with Crippen LogP contribution in [0.5, 0.6) is 17.2 Å². The molecule has 4 rings (SSSR count). The van der Waals surface area contributed by atoms with E-state index in [1.807, 2.05) is 79.9 Å². The Morgan fingerprint density at radius 3 is 2.10 bits per heavy atom. The van der Waals surface area contributed by atoms with E-state index in [0.717, 1.165) is 16.7 Å². The third-order valence-corrected chi connectivity index (χ3v) is 6.46. The zero-order valence-corrected chi connectivity index (χ0v) is 23.1. The second-order valence-electron chi connectivity index (χ2n) is 9.35. The Morgan fingerprint density at radius 2 is 1.51 bits per heavy atom. The summed E-state index contributed by atoms with van der Waals surface area (Å²) in [7, 11) is 4.50. The van der Waals surface area contributed by atoms with Crippen LogP contribution >= 0.6 is 0 Å². The lowest BCUT2D eigenvalue weighted by Crippen LogP contribution is -2.40. The van der Waals surface area contributed by atoms with Gasteiger partial charge in [0.15, 0.2) is 11.5 Å². The number of rotatable bonds is 10. The number of nitrogens with one attached hydrogen (secondary N) is 1. The van der Waals surface area contributed by atoms with E-state index in [1.165, 1.54) is 21.3 Å². The molecule has 1 heterocycles. The van der Waals surface area contributed by atoms with Crippen molar-refractivity contribution in [3.05, 3.63) is 78.1 Å². The predicted octanol–water partition coefficient (Wildman–Crippen LogP) is 4.99. The maximum atomic E-state index is 13.7. The van der Waals surface area contributed by atoms with Crippen molar-refractivity contribution >= 4 is 28.5 Å². The molecule has 0 radical (unpaired) electrons. The van der Waals surface area contributed by atoms with Gasteiger partial charge in [0, 0.05) is 17.3 Å². The smallest absolute Gasteiger partial charge is 0.252 e. The largest absolute Gasteiger partial charge is 0.493 e. The average Bonchev–Trinajstić information content (AvgIpc) is 3.30. The van der Waals surface area contributed by atoms with Gasteiger partial charge in [0.25, 0.3) is 5.91 Å². The fraction of sp³-hybridized carbons (Fsp3) is 0.300. The van der Waals surface area contributed by atoms with E-state index >= 15 is 0 Å². The van der Waals surface area contributed by atoms with Crippen LogP contribution in [0.15, 0.2) is 66.7 Å². The summed E-state index contributed by atoms with van der Waals surface area (Å²) in [6.07, 6.45) is 0. The van der Waals surface area contributed by atoms with Crippen LogP contribution in [0.4, 0.5) is 5.69 Å². The molecule has 1 atom stereocenters. The number of para-hydroxylation sites is 3. The summed E-state index contributed by atoms with van der Waals surface area (Å²) >= 11 is 0. The summed E-state index contributed by atoms with van der Waals surface area (Å²) in [5, 5.41) is 3.01. The molecule has 0 aliphatic heterocycles. The molecule has 3 aromatic carbocycles. The van der Waals surface area contributed by atoms with Crippen molar-refractivity contribution in [2.24, 2.45) is 0 Å². The van der Waals surface area contributed by atoms with Gasteiger partial charge in [0.2, 0.25) is 11.7 Å². The third-order valence-electron chi connectivity index (χ3n) is 6.46. The van der Waals surface area contributed by atoms with Gasteiger partial charge in [0.05, 0.1) is 38.4 Å².